The van der Waals surface area contributed by atoms with Crippen molar-refractivity contribution in [1.29, 1.82) is 0 Å². The minimum absolute atomic E-state index is 0.00197. The Morgan fingerprint density at radius 1 is 1.71 bits per heavy atom. The van der Waals surface area contributed by atoms with Gasteiger partial charge in [0.25, 0.3) is 5.91 Å². The van der Waals surface area contributed by atoms with E-state index in [1.54, 1.807) is 0 Å². The highest BCUT2D eigenvalue weighted by Gasteiger charge is 2.33. The van der Waals surface area contributed by atoms with Crippen molar-refractivity contribution >= 4 is 33.2 Å². The van der Waals surface area contributed by atoms with Crippen LogP contribution in [0.15, 0.2) is 15.2 Å². The summed E-state index contributed by atoms with van der Waals surface area (Å²) in [6, 6.07) is 1.83. The van der Waals surface area contributed by atoms with E-state index in [0.29, 0.717) is 0 Å². The number of nitrogens with one attached hydrogen (secondary N) is 2. The normalized spacial score (nSPS) is 18.7. The molecule has 0 aliphatic carbocycles. The lowest BCUT2D eigenvalue weighted by molar-refractivity contribution is 0.0872. The van der Waals surface area contributed by atoms with Crippen molar-refractivity contribution < 1.29 is 4.79 Å². The quantitative estimate of drug-likeness (QED) is 0.860. The molecule has 0 unspecified atom stereocenters. The molecule has 14 heavy (non-hydrogen) atoms. The second kappa shape index (κ2) is 3.64. The SMILES string of the molecule is CC1(NC(=O)c2ccsc2Br)CNC1. The van der Waals surface area contributed by atoms with Crippen LogP contribution in [-0.2, 0) is 0 Å². The molecule has 1 aliphatic heterocycles. The van der Waals surface area contributed by atoms with Crippen LogP contribution >= 0.6 is 27.3 Å². The zero-order valence-corrected chi connectivity index (χ0v) is 10.2. The maximum Gasteiger partial charge on any atom is 0.253 e. The molecule has 2 N–H and O–H groups in total. The Bertz CT molecular complexity index is 359. The molecule has 1 aromatic rings. The van der Waals surface area contributed by atoms with Crippen LogP contribution in [0.3, 0.4) is 0 Å². The average Bonchev–Trinajstić information content (AvgIpc) is 2.48. The summed E-state index contributed by atoms with van der Waals surface area (Å²) in [5, 5.41) is 8.06. The molecule has 2 rings (SSSR count). The van der Waals surface area contributed by atoms with Crippen LogP contribution < -0.4 is 10.6 Å². The van der Waals surface area contributed by atoms with Gasteiger partial charge in [-0.05, 0) is 34.3 Å². The zero-order chi connectivity index (χ0) is 10.2. The first-order valence-electron chi connectivity index (χ1n) is 4.37. The highest BCUT2D eigenvalue weighted by atomic mass is 79.9. The highest BCUT2D eigenvalue weighted by Crippen LogP contribution is 2.24. The van der Waals surface area contributed by atoms with E-state index in [1.165, 1.54) is 11.3 Å². The Labute approximate surface area is 95.0 Å². The molecule has 76 valence electrons. The van der Waals surface area contributed by atoms with Gasteiger partial charge in [-0.25, -0.2) is 0 Å². The lowest BCUT2D eigenvalue weighted by atomic mass is 9.95. The number of rotatable bonds is 2. The molecule has 5 heteroatoms. The van der Waals surface area contributed by atoms with E-state index in [4.69, 9.17) is 0 Å². The van der Waals surface area contributed by atoms with Crippen molar-refractivity contribution in [1.82, 2.24) is 10.6 Å². The summed E-state index contributed by atoms with van der Waals surface area (Å²) in [4.78, 5) is 11.8. The van der Waals surface area contributed by atoms with Gasteiger partial charge in [-0.3, -0.25) is 4.79 Å². The predicted octanol–water partition coefficient (Wildman–Crippen LogP) is 1.60. The summed E-state index contributed by atoms with van der Waals surface area (Å²) in [6.45, 7) is 3.74. The third-order valence-corrected chi connectivity index (χ3v) is 4.00. The Morgan fingerprint density at radius 2 is 2.43 bits per heavy atom. The fourth-order valence-corrected chi connectivity index (χ4v) is 2.63. The molecule has 0 aromatic carbocycles. The predicted molar refractivity (Wildman–Crippen MR) is 60.8 cm³/mol. The molecule has 1 amide bonds. The molecule has 1 fully saturated rings. The molecule has 0 bridgehead atoms. The smallest absolute Gasteiger partial charge is 0.253 e. The summed E-state index contributed by atoms with van der Waals surface area (Å²) < 4.78 is 0.894. The van der Waals surface area contributed by atoms with Crippen molar-refractivity contribution in [3.05, 3.63) is 20.8 Å². The third kappa shape index (κ3) is 1.85. The first-order chi connectivity index (χ1) is 6.61. The van der Waals surface area contributed by atoms with Gasteiger partial charge >= 0.3 is 0 Å². The van der Waals surface area contributed by atoms with Gasteiger partial charge in [0.2, 0.25) is 0 Å². The second-order valence-electron chi connectivity index (χ2n) is 3.73. The van der Waals surface area contributed by atoms with E-state index in [2.05, 4.69) is 26.6 Å². The Hall–Kier alpha value is -0.390. The van der Waals surface area contributed by atoms with E-state index in [-0.39, 0.29) is 11.4 Å². The van der Waals surface area contributed by atoms with Gasteiger partial charge in [-0.1, -0.05) is 0 Å². The van der Waals surface area contributed by atoms with E-state index in [1.807, 2.05) is 18.4 Å². The lowest BCUT2D eigenvalue weighted by Gasteiger charge is -2.39. The number of hydrogen-bond acceptors (Lipinski definition) is 3. The van der Waals surface area contributed by atoms with E-state index in [9.17, 15) is 4.79 Å². The first-order valence-corrected chi connectivity index (χ1v) is 6.04. The zero-order valence-electron chi connectivity index (χ0n) is 7.76. The summed E-state index contributed by atoms with van der Waals surface area (Å²) in [7, 11) is 0. The Morgan fingerprint density at radius 3 is 2.86 bits per heavy atom. The molecule has 1 aliphatic rings. The molecule has 1 saturated heterocycles. The van der Waals surface area contributed by atoms with Crippen molar-refractivity contribution in [2.45, 2.75) is 12.5 Å². The second-order valence-corrected chi connectivity index (χ2v) is 5.96. The van der Waals surface area contributed by atoms with E-state index in [0.717, 1.165) is 22.4 Å². The summed E-state index contributed by atoms with van der Waals surface area (Å²) in [6.07, 6.45) is 0. The van der Waals surface area contributed by atoms with Crippen LogP contribution in [0.4, 0.5) is 0 Å². The van der Waals surface area contributed by atoms with E-state index >= 15 is 0 Å². The van der Waals surface area contributed by atoms with Gasteiger partial charge in [0.1, 0.15) is 0 Å². The Kier molecular flexibility index (Phi) is 2.64. The minimum atomic E-state index is -0.0710. The maximum absolute atomic E-state index is 11.8. The average molecular weight is 275 g/mol. The van der Waals surface area contributed by atoms with Crippen LogP contribution in [-0.4, -0.2) is 24.5 Å². The van der Waals surface area contributed by atoms with Gasteiger partial charge in [0, 0.05) is 13.1 Å². The van der Waals surface area contributed by atoms with Gasteiger partial charge < -0.3 is 10.6 Å². The third-order valence-electron chi connectivity index (χ3n) is 2.31. The van der Waals surface area contributed by atoms with Crippen LogP contribution in [0.1, 0.15) is 17.3 Å². The number of amides is 1. The molecule has 3 nitrogen and oxygen atoms in total. The van der Waals surface area contributed by atoms with Crippen molar-refractivity contribution in [3.63, 3.8) is 0 Å². The fraction of sp³-hybridized carbons (Fsp3) is 0.444. The van der Waals surface area contributed by atoms with Crippen LogP contribution in [0.5, 0.6) is 0 Å². The van der Waals surface area contributed by atoms with E-state index < -0.39 is 0 Å². The van der Waals surface area contributed by atoms with Crippen LogP contribution in [0, 0.1) is 0 Å². The number of hydrogen-bond donors (Lipinski definition) is 2. The monoisotopic (exact) mass is 274 g/mol. The molecular weight excluding hydrogens is 264 g/mol. The van der Waals surface area contributed by atoms with Gasteiger partial charge in [-0.15, -0.1) is 11.3 Å². The summed E-state index contributed by atoms with van der Waals surface area (Å²) in [5.41, 5.74) is 0.654. The largest absolute Gasteiger partial charge is 0.344 e. The van der Waals surface area contributed by atoms with Crippen molar-refractivity contribution in [2.75, 3.05) is 13.1 Å². The molecule has 0 spiro atoms. The summed E-state index contributed by atoms with van der Waals surface area (Å²) in [5.74, 6) is 0.00197. The lowest BCUT2D eigenvalue weighted by Crippen LogP contribution is -2.67. The van der Waals surface area contributed by atoms with Gasteiger partial charge in [-0.2, -0.15) is 0 Å². The molecule has 0 radical (unpaired) electrons. The molecule has 2 heterocycles. The number of halogens is 1. The number of carbonyl (C=O) groups is 1. The number of thiophene rings is 1. The summed E-state index contributed by atoms with van der Waals surface area (Å²) >= 11 is 4.88. The van der Waals surface area contributed by atoms with Crippen LogP contribution in [0.25, 0.3) is 0 Å². The Balaban J connectivity index is 2.06. The van der Waals surface area contributed by atoms with Gasteiger partial charge in [0.05, 0.1) is 14.9 Å². The molecule has 1 aromatic heterocycles. The number of carbonyl (C=O) groups excluding carboxylic acids is 1. The molecule has 0 saturated carbocycles. The molecule has 0 atom stereocenters. The molecular formula is C9H11BrN2OS. The van der Waals surface area contributed by atoms with Crippen molar-refractivity contribution in [2.24, 2.45) is 0 Å². The standard InChI is InChI=1S/C9H11BrN2OS/c1-9(4-11-5-9)12-8(13)6-2-3-14-7(6)10/h2-3,11H,4-5H2,1H3,(H,12,13). The van der Waals surface area contributed by atoms with Gasteiger partial charge in [0.15, 0.2) is 0 Å². The first kappa shape index (κ1) is 10.1. The topological polar surface area (TPSA) is 41.1 Å². The van der Waals surface area contributed by atoms with Crippen molar-refractivity contribution in [3.8, 4) is 0 Å². The minimum Gasteiger partial charge on any atom is -0.344 e. The fourth-order valence-electron chi connectivity index (χ4n) is 1.39. The van der Waals surface area contributed by atoms with Crippen LogP contribution in [0.2, 0.25) is 0 Å². The highest BCUT2D eigenvalue weighted by molar-refractivity contribution is 9.11. The maximum atomic E-state index is 11.8.